The number of nitrogens with zero attached hydrogens (tertiary/aromatic N) is 2. The molecule has 0 N–H and O–H groups in total. The first-order valence-electron chi connectivity index (χ1n) is 3.50. The van der Waals surface area contributed by atoms with Crippen LogP contribution in [0.4, 0.5) is 0 Å². The lowest BCUT2D eigenvalue weighted by Gasteiger charge is -1.99. The quantitative estimate of drug-likeness (QED) is 0.717. The van der Waals surface area contributed by atoms with E-state index in [9.17, 15) is 0 Å². The second-order valence-corrected chi connectivity index (χ2v) is 3.72. The fourth-order valence-electron chi connectivity index (χ4n) is 0.694. The molecule has 0 bridgehead atoms. The molecule has 0 saturated heterocycles. The number of aromatic nitrogens is 2. The zero-order valence-electron chi connectivity index (χ0n) is 6.54. The van der Waals surface area contributed by atoms with Crippen molar-refractivity contribution in [2.45, 2.75) is 0 Å². The van der Waals surface area contributed by atoms with Crippen molar-refractivity contribution in [3.05, 3.63) is 23.2 Å². The van der Waals surface area contributed by atoms with Gasteiger partial charge in [0.25, 0.3) is 10.4 Å². The molecule has 0 spiro atoms. The van der Waals surface area contributed by atoms with Gasteiger partial charge in [0, 0.05) is 23.2 Å². The van der Waals surface area contributed by atoms with E-state index in [1.165, 1.54) is 22.7 Å². The zero-order valence-corrected chi connectivity index (χ0v) is 8.18. The molecule has 66 valence electrons. The largest absolute Gasteiger partial charge is 0.579 e. The Morgan fingerprint density at radius 3 is 1.92 bits per heavy atom. The van der Waals surface area contributed by atoms with Gasteiger partial charge >= 0.3 is 7.69 Å². The van der Waals surface area contributed by atoms with Crippen LogP contribution in [0, 0.1) is 0 Å². The molecule has 0 unspecified atom stereocenters. The fourth-order valence-corrected chi connectivity index (χ4v) is 1.65. The Morgan fingerprint density at radius 2 is 1.54 bits per heavy atom. The van der Waals surface area contributed by atoms with E-state index in [4.69, 9.17) is 9.31 Å². The number of hydrogen-bond acceptors (Lipinski definition) is 6. The van der Waals surface area contributed by atoms with E-state index in [1.54, 1.807) is 12.4 Å². The summed E-state index contributed by atoms with van der Waals surface area (Å²) in [7, 11) is 0.154. The molecule has 13 heavy (non-hydrogen) atoms. The molecule has 2 aromatic heterocycles. The summed E-state index contributed by atoms with van der Waals surface area (Å²) in [6.07, 6.45) is 3.37. The lowest BCUT2D eigenvalue weighted by molar-refractivity contribution is 0.455. The summed E-state index contributed by atoms with van der Waals surface area (Å²) >= 11 is 2.86. The van der Waals surface area contributed by atoms with Gasteiger partial charge in [-0.15, -0.1) is 0 Å². The average Bonchev–Trinajstić information content (AvgIpc) is 2.75. The normalized spacial score (nSPS) is 9.54. The monoisotopic (exact) mass is 212 g/mol. The highest BCUT2D eigenvalue weighted by atomic mass is 32.1. The third-order valence-corrected chi connectivity index (χ3v) is 2.55. The second-order valence-electron chi connectivity index (χ2n) is 2.00. The fraction of sp³-hybridized carbons (Fsp3) is 0. The topological polar surface area (TPSA) is 44.2 Å². The molecule has 0 radical (unpaired) electrons. The highest BCUT2D eigenvalue weighted by Crippen LogP contribution is 2.15. The van der Waals surface area contributed by atoms with E-state index in [-0.39, 0.29) is 7.69 Å². The van der Waals surface area contributed by atoms with Crippen molar-refractivity contribution in [3.63, 3.8) is 0 Å². The molecule has 4 nitrogen and oxygen atoms in total. The number of rotatable bonds is 4. The molecular formula is C6H5BN2O2S2. The SMILES string of the molecule is B(Oc1nccs1)Oc1nccs1. The van der Waals surface area contributed by atoms with Gasteiger partial charge in [-0.1, -0.05) is 22.7 Å². The predicted octanol–water partition coefficient (Wildman–Crippen LogP) is 1.32. The zero-order chi connectivity index (χ0) is 8.93. The molecule has 0 fully saturated rings. The van der Waals surface area contributed by atoms with E-state index in [0.717, 1.165) is 0 Å². The summed E-state index contributed by atoms with van der Waals surface area (Å²) in [5.41, 5.74) is 0. The Bertz CT molecular complexity index is 303. The molecule has 0 aromatic carbocycles. The highest BCUT2D eigenvalue weighted by molar-refractivity contribution is 7.12. The van der Waals surface area contributed by atoms with Gasteiger partial charge in [-0.3, -0.25) is 0 Å². The van der Waals surface area contributed by atoms with Crippen LogP contribution in [0.3, 0.4) is 0 Å². The summed E-state index contributed by atoms with van der Waals surface area (Å²) in [5.74, 6) is 0. The lowest BCUT2D eigenvalue weighted by atomic mass is 10.4. The smallest absolute Gasteiger partial charge is 0.506 e. The molecule has 2 heterocycles. The third kappa shape index (κ3) is 2.43. The van der Waals surface area contributed by atoms with Gasteiger partial charge in [-0.2, -0.15) is 0 Å². The first-order chi connectivity index (χ1) is 6.45. The van der Waals surface area contributed by atoms with Crippen molar-refractivity contribution in [1.82, 2.24) is 9.97 Å². The molecule has 2 aromatic rings. The van der Waals surface area contributed by atoms with Crippen molar-refractivity contribution in [2.24, 2.45) is 0 Å². The van der Waals surface area contributed by atoms with Crippen LogP contribution in [0.1, 0.15) is 0 Å². The van der Waals surface area contributed by atoms with Crippen LogP contribution >= 0.6 is 22.7 Å². The summed E-state index contributed by atoms with van der Waals surface area (Å²) < 4.78 is 10.3. The van der Waals surface area contributed by atoms with Crippen molar-refractivity contribution in [3.8, 4) is 10.4 Å². The predicted molar refractivity (Wildman–Crippen MR) is 52.6 cm³/mol. The Balaban J connectivity index is 1.76. The minimum Gasteiger partial charge on any atom is -0.506 e. The van der Waals surface area contributed by atoms with Crippen LogP contribution in [-0.2, 0) is 0 Å². The van der Waals surface area contributed by atoms with Crippen LogP contribution < -0.4 is 9.31 Å². The van der Waals surface area contributed by atoms with Crippen LogP contribution in [0.2, 0.25) is 0 Å². The van der Waals surface area contributed by atoms with Crippen LogP contribution in [-0.4, -0.2) is 17.7 Å². The van der Waals surface area contributed by atoms with Gasteiger partial charge in [0.15, 0.2) is 0 Å². The van der Waals surface area contributed by atoms with Crippen LogP contribution in [0.25, 0.3) is 0 Å². The number of hydrogen-bond donors (Lipinski definition) is 0. The number of thiazole rings is 2. The minimum absolute atomic E-state index is 0.154. The van der Waals surface area contributed by atoms with Gasteiger partial charge in [0.1, 0.15) is 0 Å². The summed E-state index contributed by atoms with van der Waals surface area (Å²) in [6.45, 7) is 0. The molecule has 7 heteroatoms. The van der Waals surface area contributed by atoms with Crippen molar-refractivity contribution >= 4 is 30.4 Å². The van der Waals surface area contributed by atoms with Gasteiger partial charge in [-0.05, 0) is 0 Å². The van der Waals surface area contributed by atoms with Gasteiger partial charge in [0.2, 0.25) is 0 Å². The molecule has 0 aliphatic carbocycles. The van der Waals surface area contributed by atoms with Gasteiger partial charge in [0.05, 0.1) is 0 Å². The Kier molecular flexibility index (Phi) is 2.78. The van der Waals surface area contributed by atoms with Crippen LogP contribution in [0.5, 0.6) is 10.4 Å². The van der Waals surface area contributed by atoms with E-state index >= 15 is 0 Å². The van der Waals surface area contributed by atoms with E-state index in [0.29, 0.717) is 10.4 Å². The van der Waals surface area contributed by atoms with Crippen molar-refractivity contribution in [1.29, 1.82) is 0 Å². The maximum absolute atomic E-state index is 5.17. The summed E-state index contributed by atoms with van der Waals surface area (Å²) in [4.78, 5) is 7.87. The molecule has 0 aliphatic rings. The lowest BCUT2D eigenvalue weighted by Crippen LogP contribution is -2.10. The average molecular weight is 212 g/mol. The van der Waals surface area contributed by atoms with Gasteiger partial charge in [-0.25, -0.2) is 9.97 Å². The Morgan fingerprint density at radius 1 is 1.00 bits per heavy atom. The maximum atomic E-state index is 5.17. The van der Waals surface area contributed by atoms with E-state index < -0.39 is 0 Å². The molecular weight excluding hydrogens is 207 g/mol. The first kappa shape index (κ1) is 8.52. The standard InChI is InChI=1S/C6H5BN2O2S2/c1-3-12-5(8-1)10-7-11-6-9-2-4-13-6/h1-4,7H. The molecule has 0 aliphatic heterocycles. The molecule has 2 rings (SSSR count). The van der Waals surface area contributed by atoms with E-state index in [1.807, 2.05) is 10.8 Å². The van der Waals surface area contributed by atoms with Gasteiger partial charge < -0.3 is 9.31 Å². The second kappa shape index (κ2) is 4.24. The Labute approximate surface area is 83.5 Å². The van der Waals surface area contributed by atoms with Crippen molar-refractivity contribution in [2.75, 3.05) is 0 Å². The molecule has 0 atom stereocenters. The molecule has 0 amide bonds. The highest BCUT2D eigenvalue weighted by Gasteiger charge is 2.01. The minimum atomic E-state index is 0.154. The maximum Gasteiger partial charge on any atom is 0.579 e. The van der Waals surface area contributed by atoms with Crippen molar-refractivity contribution < 1.29 is 9.31 Å². The molecule has 0 saturated carbocycles. The Hall–Kier alpha value is -1.08. The first-order valence-corrected chi connectivity index (χ1v) is 5.25. The summed E-state index contributed by atoms with van der Waals surface area (Å²) in [6, 6.07) is 0. The van der Waals surface area contributed by atoms with Crippen LogP contribution in [0.15, 0.2) is 23.2 Å². The third-order valence-electron chi connectivity index (χ3n) is 1.18. The summed E-state index contributed by atoms with van der Waals surface area (Å²) in [5, 5.41) is 4.91. The van der Waals surface area contributed by atoms with E-state index in [2.05, 4.69) is 9.97 Å².